The number of aliphatic hydroxyl groups is 1. The summed E-state index contributed by atoms with van der Waals surface area (Å²) in [5.74, 6) is 0.0348. The zero-order valence-corrected chi connectivity index (χ0v) is 19.8. The van der Waals surface area contributed by atoms with E-state index in [1.54, 1.807) is 24.3 Å². The van der Waals surface area contributed by atoms with Gasteiger partial charge in [-0.2, -0.15) is 0 Å². The summed E-state index contributed by atoms with van der Waals surface area (Å²) >= 11 is 0. The zero-order valence-electron chi connectivity index (χ0n) is 19.8. The summed E-state index contributed by atoms with van der Waals surface area (Å²) in [5.41, 5.74) is 2.51. The standard InChI is InChI=1S/C29H32FNO4/c30-19-21-3-7-22(8-4-21)28-26(25-12-9-23(32)18-27(25)35-29(28)33)17-20-5-10-24(11-6-20)34-16-15-31-13-1-2-14-31/h3-12,18,25-28,32H,1-2,13-17,19H2. The van der Waals surface area contributed by atoms with Crippen molar-refractivity contribution in [2.75, 3.05) is 26.2 Å². The van der Waals surface area contributed by atoms with Crippen LogP contribution in [0.15, 0.2) is 72.5 Å². The predicted octanol–water partition coefficient (Wildman–Crippen LogP) is 5.13. The number of halogens is 1. The summed E-state index contributed by atoms with van der Waals surface area (Å²) < 4.78 is 24.7. The normalized spacial score (nSPS) is 26.2. The molecule has 2 aromatic rings. The highest BCUT2D eigenvalue weighted by Crippen LogP contribution is 2.43. The van der Waals surface area contributed by atoms with Gasteiger partial charge in [0.25, 0.3) is 0 Å². The van der Waals surface area contributed by atoms with Gasteiger partial charge in [-0.15, -0.1) is 0 Å². The van der Waals surface area contributed by atoms with Crippen molar-refractivity contribution >= 4 is 5.97 Å². The third-order valence-corrected chi connectivity index (χ3v) is 7.40. The van der Waals surface area contributed by atoms with Crippen LogP contribution in [-0.2, 0) is 22.6 Å². The Bertz CT molecular complexity index is 1070. The number of ether oxygens (including phenoxy) is 2. The fraction of sp³-hybridized carbons (Fsp3) is 0.414. The fourth-order valence-electron chi connectivity index (χ4n) is 5.50. The molecular formula is C29H32FNO4. The third-order valence-electron chi connectivity index (χ3n) is 7.40. The van der Waals surface area contributed by atoms with Crippen molar-refractivity contribution in [2.24, 2.45) is 11.8 Å². The van der Waals surface area contributed by atoms with Crippen molar-refractivity contribution in [3.05, 3.63) is 89.2 Å². The Kier molecular flexibility index (Phi) is 7.19. The number of alkyl halides is 1. The van der Waals surface area contributed by atoms with E-state index in [0.717, 1.165) is 36.5 Å². The number of benzene rings is 2. The van der Waals surface area contributed by atoms with Crippen LogP contribution < -0.4 is 4.74 Å². The Morgan fingerprint density at radius 1 is 1.03 bits per heavy atom. The van der Waals surface area contributed by atoms with Gasteiger partial charge in [-0.05, 0) is 79.2 Å². The van der Waals surface area contributed by atoms with Crippen LogP contribution in [0.2, 0.25) is 0 Å². The zero-order chi connectivity index (χ0) is 24.2. The maximum Gasteiger partial charge on any atom is 0.314 e. The van der Waals surface area contributed by atoms with Crippen LogP contribution in [0.3, 0.4) is 0 Å². The lowest BCUT2D eigenvalue weighted by Crippen LogP contribution is -2.44. The van der Waals surface area contributed by atoms with Crippen LogP contribution >= 0.6 is 0 Å². The number of hydrogen-bond donors (Lipinski definition) is 1. The minimum atomic E-state index is -0.539. The number of carbonyl (C=O) groups is 1. The first kappa shape index (κ1) is 23.6. The molecule has 0 spiro atoms. The number of hydrogen-bond acceptors (Lipinski definition) is 5. The van der Waals surface area contributed by atoms with E-state index in [1.807, 2.05) is 30.3 Å². The molecule has 5 nitrogen and oxygen atoms in total. The molecule has 2 saturated heterocycles. The first-order chi connectivity index (χ1) is 17.1. The Balaban J connectivity index is 1.32. The van der Waals surface area contributed by atoms with Crippen LogP contribution in [0.4, 0.5) is 4.39 Å². The molecule has 35 heavy (non-hydrogen) atoms. The second-order valence-electron chi connectivity index (χ2n) is 9.69. The van der Waals surface area contributed by atoms with E-state index >= 15 is 0 Å². The van der Waals surface area contributed by atoms with Crippen LogP contribution in [-0.4, -0.2) is 48.3 Å². The second kappa shape index (κ2) is 10.6. The average Bonchev–Trinajstić information content (AvgIpc) is 3.39. The third kappa shape index (κ3) is 5.43. The molecule has 2 heterocycles. The van der Waals surface area contributed by atoms with Crippen molar-refractivity contribution < 1.29 is 23.8 Å². The molecule has 0 bridgehead atoms. The molecule has 0 saturated carbocycles. The number of esters is 1. The lowest BCUT2D eigenvalue weighted by Gasteiger charge is -2.41. The van der Waals surface area contributed by atoms with E-state index in [1.165, 1.54) is 12.8 Å². The molecule has 0 amide bonds. The molecule has 2 aromatic carbocycles. The van der Waals surface area contributed by atoms with E-state index in [-0.39, 0.29) is 23.6 Å². The molecule has 4 atom stereocenters. The number of allylic oxidation sites excluding steroid dienone is 1. The SMILES string of the molecule is O=C1OC2C=C(O)C=CC2C(Cc2ccc(OCCN3CCCC3)cc2)C1c1ccc(CF)cc1. The summed E-state index contributed by atoms with van der Waals surface area (Å²) in [6, 6.07) is 15.2. The molecular weight excluding hydrogens is 445 g/mol. The lowest BCUT2D eigenvalue weighted by molar-refractivity contribution is -0.160. The van der Waals surface area contributed by atoms with Gasteiger partial charge in [-0.3, -0.25) is 9.69 Å². The molecule has 2 aliphatic heterocycles. The van der Waals surface area contributed by atoms with Crippen molar-refractivity contribution in [3.8, 4) is 5.75 Å². The topological polar surface area (TPSA) is 59.0 Å². The van der Waals surface area contributed by atoms with Crippen molar-refractivity contribution in [1.82, 2.24) is 4.90 Å². The highest BCUT2D eigenvalue weighted by molar-refractivity contribution is 5.80. The quantitative estimate of drug-likeness (QED) is 0.535. The summed E-state index contributed by atoms with van der Waals surface area (Å²) in [4.78, 5) is 15.6. The number of aliphatic hydroxyl groups excluding tert-OH is 1. The van der Waals surface area contributed by atoms with Crippen LogP contribution in [0, 0.1) is 11.8 Å². The number of rotatable bonds is 8. The number of likely N-dealkylation sites (tertiary alicyclic amines) is 1. The van der Waals surface area contributed by atoms with Gasteiger partial charge in [0.1, 0.15) is 30.9 Å². The summed E-state index contributed by atoms with van der Waals surface area (Å²) in [6.07, 6.45) is 7.94. The van der Waals surface area contributed by atoms with Crippen molar-refractivity contribution in [3.63, 3.8) is 0 Å². The van der Waals surface area contributed by atoms with E-state index in [0.29, 0.717) is 18.6 Å². The minimum Gasteiger partial charge on any atom is -0.508 e. The van der Waals surface area contributed by atoms with Gasteiger partial charge in [0.2, 0.25) is 0 Å². The smallest absolute Gasteiger partial charge is 0.314 e. The average molecular weight is 478 g/mol. The Morgan fingerprint density at radius 2 is 1.74 bits per heavy atom. The predicted molar refractivity (Wildman–Crippen MR) is 132 cm³/mol. The molecule has 4 unspecified atom stereocenters. The monoisotopic (exact) mass is 477 g/mol. The molecule has 2 fully saturated rings. The summed E-state index contributed by atoms with van der Waals surface area (Å²) in [6.45, 7) is 3.41. The Labute approximate surface area is 205 Å². The van der Waals surface area contributed by atoms with Gasteiger partial charge in [-0.25, -0.2) is 4.39 Å². The summed E-state index contributed by atoms with van der Waals surface area (Å²) in [5, 5.41) is 9.95. The number of fused-ring (bicyclic) bond motifs is 1. The fourth-order valence-corrected chi connectivity index (χ4v) is 5.50. The molecule has 1 aliphatic carbocycles. The summed E-state index contributed by atoms with van der Waals surface area (Å²) in [7, 11) is 0. The first-order valence-corrected chi connectivity index (χ1v) is 12.5. The molecule has 3 aliphatic rings. The van der Waals surface area contributed by atoms with E-state index < -0.39 is 18.7 Å². The number of carbonyl (C=O) groups excluding carboxylic acids is 1. The maximum atomic E-state index is 13.1. The van der Waals surface area contributed by atoms with Crippen LogP contribution in [0.1, 0.15) is 35.4 Å². The highest BCUT2D eigenvalue weighted by Gasteiger charge is 2.45. The van der Waals surface area contributed by atoms with Crippen LogP contribution in [0.5, 0.6) is 5.75 Å². The molecule has 5 rings (SSSR count). The van der Waals surface area contributed by atoms with Gasteiger partial charge in [-0.1, -0.05) is 42.5 Å². The van der Waals surface area contributed by atoms with Crippen molar-refractivity contribution in [1.29, 1.82) is 0 Å². The second-order valence-corrected chi connectivity index (χ2v) is 9.69. The van der Waals surface area contributed by atoms with E-state index in [4.69, 9.17) is 9.47 Å². The number of nitrogens with zero attached hydrogens (tertiary/aromatic N) is 1. The first-order valence-electron chi connectivity index (χ1n) is 12.5. The molecule has 0 aromatic heterocycles. The maximum absolute atomic E-state index is 13.1. The lowest BCUT2D eigenvalue weighted by atomic mass is 9.69. The minimum absolute atomic E-state index is 0.0640. The van der Waals surface area contributed by atoms with E-state index in [2.05, 4.69) is 17.0 Å². The highest BCUT2D eigenvalue weighted by atomic mass is 19.1. The van der Waals surface area contributed by atoms with Gasteiger partial charge in [0, 0.05) is 12.5 Å². The molecule has 0 radical (unpaired) electrons. The Morgan fingerprint density at radius 3 is 2.46 bits per heavy atom. The van der Waals surface area contributed by atoms with E-state index in [9.17, 15) is 14.3 Å². The van der Waals surface area contributed by atoms with Gasteiger partial charge in [0.15, 0.2) is 0 Å². The van der Waals surface area contributed by atoms with Gasteiger partial charge >= 0.3 is 5.97 Å². The van der Waals surface area contributed by atoms with Crippen molar-refractivity contribution in [2.45, 2.75) is 38.0 Å². The van der Waals surface area contributed by atoms with Gasteiger partial charge in [0.05, 0.1) is 5.92 Å². The van der Waals surface area contributed by atoms with Crippen LogP contribution in [0.25, 0.3) is 0 Å². The Hall–Kier alpha value is -3.12. The largest absolute Gasteiger partial charge is 0.508 e. The van der Waals surface area contributed by atoms with Gasteiger partial charge < -0.3 is 14.6 Å². The molecule has 184 valence electrons. The molecule has 6 heteroatoms. The molecule has 1 N–H and O–H groups in total.